The quantitative estimate of drug-likeness (QED) is 0.277. The minimum atomic E-state index is -1.23. The van der Waals surface area contributed by atoms with E-state index in [0.717, 1.165) is 0 Å². The van der Waals surface area contributed by atoms with Crippen LogP contribution in [-0.4, -0.2) is 58.3 Å². The number of carbonyl (C=O) groups is 4. The molecule has 0 bridgehead atoms. The first kappa shape index (κ1) is 23.9. The normalized spacial score (nSPS) is 12.5. The van der Waals surface area contributed by atoms with E-state index in [4.69, 9.17) is 28.3 Å². The van der Waals surface area contributed by atoms with E-state index in [9.17, 15) is 24.3 Å². The van der Waals surface area contributed by atoms with Gasteiger partial charge in [0.2, 0.25) is 11.8 Å². The largest absolute Gasteiger partial charge is 0.480 e. The highest BCUT2D eigenvalue weighted by molar-refractivity contribution is 7.80. The fourth-order valence-electron chi connectivity index (χ4n) is 2.07. The lowest BCUT2D eigenvalue weighted by atomic mass is 10.1. The molecule has 0 spiro atoms. The highest BCUT2D eigenvalue weighted by atomic mass is 35.5. The Morgan fingerprint density at radius 3 is 2.29 bits per heavy atom. The third kappa shape index (κ3) is 8.24. The molecule has 12 heteroatoms. The third-order valence-corrected chi connectivity index (χ3v) is 4.57. The summed E-state index contributed by atoms with van der Waals surface area (Å²) in [5.41, 5.74) is 0.420. The average molecular weight is 452 g/mol. The van der Waals surface area contributed by atoms with Gasteiger partial charge < -0.3 is 26.2 Å². The SMILES string of the molecule is O=C(O)CNC(=O)[C@H](CS)NC(=O)CC[C@H](Nc1ccc(Cl)c(Cl)c1)C(=O)O. The van der Waals surface area contributed by atoms with Gasteiger partial charge in [-0.25, -0.2) is 4.79 Å². The molecule has 0 unspecified atom stereocenters. The molecule has 28 heavy (non-hydrogen) atoms. The topological polar surface area (TPSA) is 145 Å². The summed E-state index contributed by atoms with van der Waals surface area (Å²) >= 11 is 15.6. The number of halogens is 2. The van der Waals surface area contributed by atoms with Crippen LogP contribution in [0, 0.1) is 0 Å². The van der Waals surface area contributed by atoms with Crippen LogP contribution < -0.4 is 16.0 Å². The molecule has 1 aromatic rings. The number of thiol groups is 1. The van der Waals surface area contributed by atoms with Crippen molar-refractivity contribution in [1.82, 2.24) is 10.6 Å². The first-order chi connectivity index (χ1) is 13.1. The summed E-state index contributed by atoms with van der Waals surface area (Å²) in [6.07, 6.45) is -0.265. The van der Waals surface area contributed by atoms with Crippen molar-refractivity contribution >= 4 is 65.3 Å². The van der Waals surface area contributed by atoms with Crippen molar-refractivity contribution < 1.29 is 29.4 Å². The molecule has 0 aliphatic rings. The maximum absolute atomic E-state index is 12.0. The van der Waals surface area contributed by atoms with Crippen molar-refractivity contribution in [2.45, 2.75) is 24.9 Å². The molecule has 9 nitrogen and oxygen atoms in total. The number of rotatable bonds is 11. The van der Waals surface area contributed by atoms with Crippen molar-refractivity contribution in [3.05, 3.63) is 28.2 Å². The molecule has 5 N–H and O–H groups in total. The number of amides is 2. The summed E-state index contributed by atoms with van der Waals surface area (Å²) < 4.78 is 0. The average Bonchev–Trinajstić information content (AvgIpc) is 2.63. The maximum Gasteiger partial charge on any atom is 0.326 e. The number of aliphatic carboxylic acids is 2. The lowest BCUT2D eigenvalue weighted by molar-refractivity contribution is -0.138. The smallest absolute Gasteiger partial charge is 0.326 e. The van der Waals surface area contributed by atoms with E-state index in [2.05, 4.69) is 28.6 Å². The fourth-order valence-corrected chi connectivity index (χ4v) is 2.62. The third-order valence-electron chi connectivity index (χ3n) is 3.47. The fraction of sp³-hybridized carbons (Fsp3) is 0.375. The van der Waals surface area contributed by atoms with Crippen LogP contribution in [0.25, 0.3) is 0 Å². The Morgan fingerprint density at radius 1 is 1.07 bits per heavy atom. The minimum absolute atomic E-state index is 0.0545. The van der Waals surface area contributed by atoms with Gasteiger partial charge in [-0.05, 0) is 24.6 Å². The number of nitrogens with one attached hydrogen (secondary N) is 3. The predicted molar refractivity (Wildman–Crippen MR) is 107 cm³/mol. The zero-order chi connectivity index (χ0) is 21.3. The summed E-state index contributed by atoms with van der Waals surface area (Å²) in [7, 11) is 0. The summed E-state index contributed by atoms with van der Waals surface area (Å²) in [4.78, 5) is 45.7. The Kier molecular flexibility index (Phi) is 9.91. The molecule has 0 saturated heterocycles. The van der Waals surface area contributed by atoms with E-state index < -0.39 is 42.4 Å². The van der Waals surface area contributed by atoms with Gasteiger partial charge in [0, 0.05) is 17.9 Å². The molecule has 2 atom stereocenters. The van der Waals surface area contributed by atoms with E-state index in [1.807, 2.05) is 0 Å². The maximum atomic E-state index is 12.0. The van der Waals surface area contributed by atoms with Gasteiger partial charge in [0.05, 0.1) is 10.0 Å². The molecule has 154 valence electrons. The van der Waals surface area contributed by atoms with Crippen molar-refractivity contribution in [3.63, 3.8) is 0 Å². The Balaban J connectivity index is 2.60. The lowest BCUT2D eigenvalue weighted by Crippen LogP contribution is -2.49. The van der Waals surface area contributed by atoms with E-state index in [1.165, 1.54) is 12.1 Å². The van der Waals surface area contributed by atoms with E-state index in [1.54, 1.807) is 6.07 Å². The Labute approximate surface area is 176 Å². The molecule has 1 rings (SSSR count). The first-order valence-electron chi connectivity index (χ1n) is 7.98. The van der Waals surface area contributed by atoms with Gasteiger partial charge in [-0.3, -0.25) is 14.4 Å². The summed E-state index contributed by atoms with van der Waals surface area (Å²) in [6.45, 7) is -0.590. The lowest BCUT2D eigenvalue weighted by Gasteiger charge is -2.18. The number of carboxylic acid groups (broad SMARTS) is 2. The van der Waals surface area contributed by atoms with Crippen LogP contribution in [0.5, 0.6) is 0 Å². The molecule has 0 aromatic heterocycles. The molecule has 0 saturated carbocycles. The number of carboxylic acids is 2. The van der Waals surface area contributed by atoms with Crippen molar-refractivity contribution in [2.24, 2.45) is 0 Å². The molecule has 0 aliphatic heterocycles. The van der Waals surface area contributed by atoms with Crippen molar-refractivity contribution in [3.8, 4) is 0 Å². The Hall–Kier alpha value is -2.17. The number of hydrogen-bond donors (Lipinski definition) is 6. The van der Waals surface area contributed by atoms with Crippen LogP contribution in [0.2, 0.25) is 10.0 Å². The van der Waals surface area contributed by atoms with Crippen LogP contribution in [0.15, 0.2) is 18.2 Å². The number of benzene rings is 1. The van der Waals surface area contributed by atoms with Crippen LogP contribution in [-0.2, 0) is 19.2 Å². The highest BCUT2D eigenvalue weighted by Crippen LogP contribution is 2.25. The Bertz CT molecular complexity index is 749. The van der Waals surface area contributed by atoms with Crippen molar-refractivity contribution in [1.29, 1.82) is 0 Å². The molecular formula is C16H19Cl2N3O6S. The van der Waals surface area contributed by atoms with Crippen LogP contribution in [0.4, 0.5) is 5.69 Å². The van der Waals surface area contributed by atoms with Gasteiger partial charge in [-0.2, -0.15) is 12.6 Å². The first-order valence-corrected chi connectivity index (χ1v) is 9.37. The Morgan fingerprint density at radius 2 is 1.75 bits per heavy atom. The number of anilines is 1. The second-order valence-corrected chi connectivity index (χ2v) is 6.80. The van der Waals surface area contributed by atoms with Crippen LogP contribution in [0.3, 0.4) is 0 Å². The van der Waals surface area contributed by atoms with Gasteiger partial charge >= 0.3 is 11.9 Å². The predicted octanol–water partition coefficient (Wildman–Crippen LogP) is 1.25. The monoisotopic (exact) mass is 451 g/mol. The zero-order valence-electron chi connectivity index (χ0n) is 14.4. The second kappa shape index (κ2) is 11.6. The van der Waals surface area contributed by atoms with Crippen LogP contribution in [0.1, 0.15) is 12.8 Å². The van der Waals surface area contributed by atoms with Gasteiger partial charge in [0.15, 0.2) is 0 Å². The number of hydrogen-bond acceptors (Lipinski definition) is 6. The minimum Gasteiger partial charge on any atom is -0.480 e. The molecule has 0 radical (unpaired) electrons. The molecule has 0 aliphatic carbocycles. The molecule has 1 aromatic carbocycles. The summed E-state index contributed by atoms with van der Waals surface area (Å²) in [6, 6.07) is 2.39. The number of carbonyl (C=O) groups excluding carboxylic acids is 2. The van der Waals surface area contributed by atoms with E-state index in [0.29, 0.717) is 10.7 Å². The van der Waals surface area contributed by atoms with Gasteiger partial charge in [-0.1, -0.05) is 23.2 Å². The van der Waals surface area contributed by atoms with Crippen LogP contribution >= 0.6 is 35.8 Å². The van der Waals surface area contributed by atoms with Gasteiger partial charge in [0.25, 0.3) is 0 Å². The molecule has 2 amide bonds. The standard InChI is InChI=1S/C16H19Cl2N3O6S/c17-9-2-1-8(5-10(9)18)20-11(16(26)27)3-4-13(22)21-12(7-28)15(25)19-6-14(23)24/h1-2,5,11-12,20,28H,3-4,6-7H2,(H,19,25)(H,21,22)(H,23,24)(H,26,27)/t11-,12-/m0/s1. The molecule has 0 heterocycles. The van der Waals surface area contributed by atoms with Gasteiger partial charge in [-0.15, -0.1) is 0 Å². The second-order valence-electron chi connectivity index (χ2n) is 5.62. The van der Waals surface area contributed by atoms with E-state index in [-0.39, 0.29) is 23.6 Å². The molecular weight excluding hydrogens is 433 g/mol. The zero-order valence-corrected chi connectivity index (χ0v) is 16.9. The van der Waals surface area contributed by atoms with Crippen molar-refractivity contribution in [2.75, 3.05) is 17.6 Å². The molecule has 0 fully saturated rings. The van der Waals surface area contributed by atoms with E-state index >= 15 is 0 Å². The van der Waals surface area contributed by atoms with Gasteiger partial charge in [0.1, 0.15) is 18.6 Å². The summed E-state index contributed by atoms with van der Waals surface area (Å²) in [5.74, 6) is -3.73. The summed E-state index contributed by atoms with van der Waals surface area (Å²) in [5, 5.41) is 25.7. The highest BCUT2D eigenvalue weighted by Gasteiger charge is 2.22.